The SMILES string of the molecule is CN=C(NCc1ccc(OC(C)C)cc1)N1CCC2(CCOC2)C1. The fraction of sp³-hybridized carbons (Fsp3) is 0.632. The minimum atomic E-state index is 0.204. The predicted molar refractivity (Wildman–Crippen MR) is 96.5 cm³/mol. The minimum absolute atomic E-state index is 0.204. The highest BCUT2D eigenvalue weighted by atomic mass is 16.5. The van der Waals surface area contributed by atoms with Gasteiger partial charge in [0.25, 0.3) is 0 Å². The second-order valence-electron chi connectivity index (χ2n) is 7.19. The third-order valence-corrected chi connectivity index (χ3v) is 4.88. The highest BCUT2D eigenvalue weighted by Crippen LogP contribution is 2.38. The van der Waals surface area contributed by atoms with Crippen LogP contribution >= 0.6 is 0 Å². The number of likely N-dealkylation sites (tertiary alicyclic amines) is 1. The second kappa shape index (κ2) is 7.43. The van der Waals surface area contributed by atoms with Crippen molar-refractivity contribution in [1.82, 2.24) is 10.2 Å². The number of aliphatic imine (C=N–C) groups is 1. The third-order valence-electron chi connectivity index (χ3n) is 4.88. The van der Waals surface area contributed by atoms with Gasteiger partial charge in [-0.2, -0.15) is 0 Å². The molecule has 1 aromatic carbocycles. The number of hydrogen-bond donors (Lipinski definition) is 1. The lowest BCUT2D eigenvalue weighted by Crippen LogP contribution is -2.41. The zero-order chi connectivity index (χ0) is 17.0. The molecule has 2 heterocycles. The van der Waals surface area contributed by atoms with Crippen molar-refractivity contribution in [3.63, 3.8) is 0 Å². The maximum atomic E-state index is 5.69. The van der Waals surface area contributed by atoms with Crippen molar-refractivity contribution < 1.29 is 9.47 Å². The average Bonchev–Trinajstić information content (AvgIpc) is 3.20. The van der Waals surface area contributed by atoms with Crippen LogP contribution in [0.2, 0.25) is 0 Å². The van der Waals surface area contributed by atoms with E-state index in [1.165, 1.54) is 18.4 Å². The molecule has 1 spiro atoms. The monoisotopic (exact) mass is 331 g/mol. The maximum Gasteiger partial charge on any atom is 0.193 e. The van der Waals surface area contributed by atoms with Gasteiger partial charge in [0, 0.05) is 38.7 Å². The summed E-state index contributed by atoms with van der Waals surface area (Å²) < 4.78 is 11.3. The molecule has 132 valence electrons. The van der Waals surface area contributed by atoms with Gasteiger partial charge in [0.05, 0.1) is 12.7 Å². The summed E-state index contributed by atoms with van der Waals surface area (Å²) in [4.78, 5) is 6.83. The van der Waals surface area contributed by atoms with Gasteiger partial charge in [0.15, 0.2) is 5.96 Å². The summed E-state index contributed by atoms with van der Waals surface area (Å²) in [5, 5.41) is 3.49. The molecule has 0 saturated carbocycles. The van der Waals surface area contributed by atoms with Gasteiger partial charge >= 0.3 is 0 Å². The lowest BCUT2D eigenvalue weighted by molar-refractivity contribution is 0.156. The summed E-state index contributed by atoms with van der Waals surface area (Å²) >= 11 is 0. The molecule has 3 rings (SSSR count). The lowest BCUT2D eigenvalue weighted by Gasteiger charge is -2.25. The van der Waals surface area contributed by atoms with Crippen LogP contribution in [-0.2, 0) is 11.3 Å². The Labute approximate surface area is 145 Å². The third kappa shape index (κ3) is 4.01. The van der Waals surface area contributed by atoms with Crippen LogP contribution in [-0.4, -0.2) is 50.3 Å². The van der Waals surface area contributed by atoms with Crippen LogP contribution in [0.3, 0.4) is 0 Å². The van der Waals surface area contributed by atoms with Crippen LogP contribution in [0.15, 0.2) is 29.3 Å². The Bertz CT molecular complexity index is 562. The molecule has 1 N–H and O–H groups in total. The quantitative estimate of drug-likeness (QED) is 0.681. The standard InChI is InChI=1S/C19H29N3O2/c1-15(2)24-17-6-4-16(5-7-17)12-21-18(20-3)22-10-8-19(13-22)9-11-23-14-19/h4-7,15H,8-14H2,1-3H3,(H,20,21). The number of benzene rings is 1. The number of guanidine groups is 1. The predicted octanol–water partition coefficient (Wildman–Crippen LogP) is 2.66. The molecular formula is C19H29N3O2. The summed E-state index contributed by atoms with van der Waals surface area (Å²) in [7, 11) is 1.86. The van der Waals surface area contributed by atoms with Gasteiger partial charge in [-0.3, -0.25) is 4.99 Å². The van der Waals surface area contributed by atoms with Crippen molar-refractivity contribution in [2.75, 3.05) is 33.4 Å². The molecule has 0 aromatic heterocycles. The average molecular weight is 331 g/mol. The van der Waals surface area contributed by atoms with Gasteiger partial charge in [-0.1, -0.05) is 12.1 Å². The molecule has 24 heavy (non-hydrogen) atoms. The normalized spacial score (nSPS) is 24.2. The fourth-order valence-corrected chi connectivity index (χ4v) is 3.56. The van der Waals surface area contributed by atoms with Crippen molar-refractivity contribution in [1.29, 1.82) is 0 Å². The van der Waals surface area contributed by atoms with Crippen LogP contribution in [0, 0.1) is 5.41 Å². The largest absolute Gasteiger partial charge is 0.491 e. The molecule has 2 aliphatic heterocycles. The van der Waals surface area contributed by atoms with Crippen molar-refractivity contribution in [3.05, 3.63) is 29.8 Å². The molecule has 5 nitrogen and oxygen atoms in total. The molecule has 1 atom stereocenters. The highest BCUT2D eigenvalue weighted by molar-refractivity contribution is 5.80. The molecule has 5 heteroatoms. The van der Waals surface area contributed by atoms with Gasteiger partial charge in [0.2, 0.25) is 0 Å². The molecule has 1 aromatic rings. The first-order valence-electron chi connectivity index (χ1n) is 8.89. The Morgan fingerprint density at radius 3 is 2.75 bits per heavy atom. The zero-order valence-electron chi connectivity index (χ0n) is 15.0. The smallest absolute Gasteiger partial charge is 0.193 e. The first-order valence-corrected chi connectivity index (χ1v) is 8.89. The van der Waals surface area contributed by atoms with E-state index in [-0.39, 0.29) is 6.10 Å². The number of nitrogens with one attached hydrogen (secondary N) is 1. The molecule has 1 unspecified atom stereocenters. The molecule has 0 aliphatic carbocycles. The van der Waals surface area contributed by atoms with Crippen LogP contribution < -0.4 is 10.1 Å². The van der Waals surface area contributed by atoms with Gasteiger partial charge < -0.3 is 19.7 Å². The summed E-state index contributed by atoms with van der Waals surface area (Å²) in [5.74, 6) is 1.90. The number of nitrogens with zero attached hydrogens (tertiary/aromatic N) is 2. The van der Waals surface area contributed by atoms with Crippen molar-refractivity contribution >= 4 is 5.96 Å². The molecule has 0 bridgehead atoms. The summed E-state index contributed by atoms with van der Waals surface area (Å²) in [6, 6.07) is 8.27. The van der Waals surface area contributed by atoms with Crippen LogP contribution in [0.25, 0.3) is 0 Å². The fourth-order valence-electron chi connectivity index (χ4n) is 3.56. The van der Waals surface area contributed by atoms with Gasteiger partial charge in [-0.05, 0) is 44.4 Å². The second-order valence-corrected chi connectivity index (χ2v) is 7.19. The molecule has 2 fully saturated rings. The first-order chi connectivity index (χ1) is 11.6. The summed E-state index contributed by atoms with van der Waals surface area (Å²) in [6.07, 6.45) is 2.59. The summed E-state index contributed by atoms with van der Waals surface area (Å²) in [6.45, 7) is 8.77. The molecule has 2 saturated heterocycles. The van der Waals surface area contributed by atoms with E-state index >= 15 is 0 Å². The van der Waals surface area contributed by atoms with E-state index in [0.717, 1.165) is 44.6 Å². The van der Waals surface area contributed by atoms with Crippen molar-refractivity contribution in [3.8, 4) is 5.75 Å². The molecule has 0 amide bonds. The molecule has 0 radical (unpaired) electrons. The Balaban J connectivity index is 1.53. The van der Waals surface area contributed by atoms with Crippen LogP contribution in [0.4, 0.5) is 0 Å². The van der Waals surface area contributed by atoms with Gasteiger partial charge in [-0.25, -0.2) is 0 Å². The minimum Gasteiger partial charge on any atom is -0.491 e. The van der Waals surface area contributed by atoms with E-state index in [1.807, 2.05) is 33.0 Å². The van der Waals surface area contributed by atoms with E-state index in [0.29, 0.717) is 5.41 Å². The Hall–Kier alpha value is -1.75. The molecule has 2 aliphatic rings. The van der Waals surface area contributed by atoms with Crippen LogP contribution in [0.1, 0.15) is 32.3 Å². The van der Waals surface area contributed by atoms with Crippen molar-refractivity contribution in [2.24, 2.45) is 10.4 Å². The number of hydrogen-bond acceptors (Lipinski definition) is 3. The van der Waals surface area contributed by atoms with Gasteiger partial charge in [-0.15, -0.1) is 0 Å². The topological polar surface area (TPSA) is 46.1 Å². The Morgan fingerprint density at radius 2 is 2.12 bits per heavy atom. The van der Waals surface area contributed by atoms with E-state index in [2.05, 4.69) is 27.3 Å². The maximum absolute atomic E-state index is 5.69. The van der Waals surface area contributed by atoms with E-state index in [9.17, 15) is 0 Å². The number of rotatable bonds is 4. The summed E-state index contributed by atoms with van der Waals surface area (Å²) in [5.41, 5.74) is 1.58. The lowest BCUT2D eigenvalue weighted by atomic mass is 9.87. The van der Waals surface area contributed by atoms with E-state index < -0.39 is 0 Å². The van der Waals surface area contributed by atoms with Crippen LogP contribution in [0.5, 0.6) is 5.75 Å². The Kier molecular flexibility index (Phi) is 5.29. The zero-order valence-corrected chi connectivity index (χ0v) is 15.0. The van der Waals surface area contributed by atoms with E-state index in [1.54, 1.807) is 0 Å². The molecular weight excluding hydrogens is 302 g/mol. The van der Waals surface area contributed by atoms with Gasteiger partial charge in [0.1, 0.15) is 5.75 Å². The number of ether oxygens (including phenoxy) is 2. The highest BCUT2D eigenvalue weighted by Gasteiger charge is 2.42. The first kappa shape index (κ1) is 17.1. The van der Waals surface area contributed by atoms with E-state index in [4.69, 9.17) is 9.47 Å². The van der Waals surface area contributed by atoms with Crippen molar-refractivity contribution in [2.45, 2.75) is 39.3 Å². The Morgan fingerprint density at radius 1 is 1.33 bits per heavy atom.